The SMILES string of the molecule is Oc1c([C@H](Nc2cccc[nH+]2)c2ccsc2)cc(Cl)c2cccnc12. The van der Waals surface area contributed by atoms with Gasteiger partial charge in [-0.15, -0.1) is 0 Å². The van der Waals surface area contributed by atoms with Gasteiger partial charge in [0.25, 0.3) is 5.82 Å². The van der Waals surface area contributed by atoms with Crippen LogP contribution in [0.5, 0.6) is 5.75 Å². The van der Waals surface area contributed by atoms with Crippen LogP contribution in [0.3, 0.4) is 0 Å². The molecule has 0 aliphatic rings. The maximum absolute atomic E-state index is 10.9. The van der Waals surface area contributed by atoms with Crippen molar-refractivity contribution in [1.29, 1.82) is 0 Å². The first-order valence-corrected chi connectivity index (χ1v) is 9.07. The maximum atomic E-state index is 10.9. The number of phenols is 1. The van der Waals surface area contributed by atoms with Crippen LogP contribution < -0.4 is 10.3 Å². The molecule has 0 amide bonds. The number of benzene rings is 1. The number of H-pyrrole nitrogens is 1. The number of hydrogen-bond acceptors (Lipinski definition) is 4. The molecule has 4 aromatic rings. The second kappa shape index (κ2) is 6.70. The van der Waals surface area contributed by atoms with Crippen molar-refractivity contribution in [3.05, 3.63) is 81.8 Å². The van der Waals surface area contributed by atoms with Crippen LogP contribution in [0.1, 0.15) is 17.2 Å². The number of aromatic amines is 1. The fourth-order valence-electron chi connectivity index (χ4n) is 2.84. The van der Waals surface area contributed by atoms with E-state index in [1.807, 2.05) is 41.9 Å². The number of aromatic hydroxyl groups is 1. The number of halogens is 1. The van der Waals surface area contributed by atoms with E-state index in [0.29, 0.717) is 16.1 Å². The van der Waals surface area contributed by atoms with Crippen LogP contribution in [0.2, 0.25) is 5.02 Å². The lowest BCUT2D eigenvalue weighted by molar-refractivity contribution is -0.361. The zero-order chi connectivity index (χ0) is 17.2. The number of fused-ring (bicyclic) bond motifs is 1. The van der Waals surface area contributed by atoms with Crippen LogP contribution in [0.25, 0.3) is 10.9 Å². The Hall–Kier alpha value is -2.63. The minimum Gasteiger partial charge on any atom is -0.505 e. The molecule has 0 spiro atoms. The number of pyridine rings is 2. The summed E-state index contributed by atoms with van der Waals surface area (Å²) >= 11 is 8.06. The smallest absolute Gasteiger partial charge is 0.272 e. The van der Waals surface area contributed by atoms with E-state index in [1.165, 1.54) is 0 Å². The molecule has 25 heavy (non-hydrogen) atoms. The summed E-state index contributed by atoms with van der Waals surface area (Å²) in [6.45, 7) is 0. The summed E-state index contributed by atoms with van der Waals surface area (Å²) in [5, 5.41) is 19.7. The van der Waals surface area contributed by atoms with Gasteiger partial charge in [-0.2, -0.15) is 11.3 Å². The van der Waals surface area contributed by atoms with E-state index in [2.05, 4.69) is 20.7 Å². The van der Waals surface area contributed by atoms with Crippen molar-refractivity contribution in [2.75, 3.05) is 5.32 Å². The van der Waals surface area contributed by atoms with Gasteiger partial charge < -0.3 is 5.11 Å². The molecular weight excluding hydrogens is 354 g/mol. The van der Waals surface area contributed by atoms with E-state index in [9.17, 15) is 5.11 Å². The summed E-state index contributed by atoms with van der Waals surface area (Å²) in [6, 6.07) is 13.0. The lowest BCUT2D eigenvalue weighted by Gasteiger charge is -2.17. The predicted molar refractivity (Wildman–Crippen MR) is 101 cm³/mol. The first kappa shape index (κ1) is 15.9. The highest BCUT2D eigenvalue weighted by Crippen LogP contribution is 2.39. The Labute approximate surface area is 153 Å². The minimum absolute atomic E-state index is 0.139. The number of hydrogen-bond donors (Lipinski definition) is 2. The molecule has 0 aliphatic heterocycles. The topological polar surface area (TPSA) is 59.3 Å². The van der Waals surface area contributed by atoms with E-state index in [4.69, 9.17) is 11.6 Å². The van der Waals surface area contributed by atoms with Crippen molar-refractivity contribution in [3.63, 3.8) is 0 Å². The Kier molecular flexibility index (Phi) is 4.26. The lowest BCUT2D eigenvalue weighted by Crippen LogP contribution is -2.18. The first-order chi connectivity index (χ1) is 12.2. The third-order valence-electron chi connectivity index (χ3n) is 4.04. The second-order valence-corrected chi connectivity index (χ2v) is 6.79. The Morgan fingerprint density at radius 3 is 2.88 bits per heavy atom. The zero-order valence-corrected chi connectivity index (χ0v) is 14.7. The van der Waals surface area contributed by atoms with Crippen LogP contribution in [-0.4, -0.2) is 10.1 Å². The number of rotatable bonds is 4. The summed E-state index contributed by atoms with van der Waals surface area (Å²) in [6.07, 6.45) is 3.50. The van der Waals surface area contributed by atoms with Crippen LogP contribution in [0.15, 0.2) is 65.6 Å². The van der Waals surface area contributed by atoms with Crippen LogP contribution in [0.4, 0.5) is 5.82 Å². The summed E-state index contributed by atoms with van der Waals surface area (Å²) in [7, 11) is 0. The number of thiophene rings is 1. The fraction of sp³-hybridized carbons (Fsp3) is 0.0526. The molecule has 1 atom stereocenters. The molecule has 4 rings (SSSR count). The molecule has 124 valence electrons. The maximum Gasteiger partial charge on any atom is 0.272 e. The average Bonchev–Trinajstić information content (AvgIpc) is 3.18. The lowest BCUT2D eigenvalue weighted by atomic mass is 9.98. The van der Waals surface area contributed by atoms with E-state index in [0.717, 1.165) is 16.8 Å². The van der Waals surface area contributed by atoms with Gasteiger partial charge in [-0.25, -0.2) is 4.98 Å². The van der Waals surface area contributed by atoms with E-state index < -0.39 is 0 Å². The predicted octanol–water partition coefficient (Wildman–Crippen LogP) is 4.67. The fourth-order valence-corrected chi connectivity index (χ4v) is 3.80. The summed E-state index contributed by atoms with van der Waals surface area (Å²) in [4.78, 5) is 7.47. The van der Waals surface area contributed by atoms with E-state index in [1.54, 1.807) is 29.7 Å². The highest BCUT2D eigenvalue weighted by atomic mass is 35.5. The Balaban J connectivity index is 1.88. The summed E-state index contributed by atoms with van der Waals surface area (Å²) in [5.74, 6) is 0.981. The average molecular weight is 369 g/mol. The Bertz CT molecular complexity index is 1010. The molecule has 4 nitrogen and oxygen atoms in total. The van der Waals surface area contributed by atoms with E-state index >= 15 is 0 Å². The van der Waals surface area contributed by atoms with Crippen LogP contribution in [0, 0.1) is 0 Å². The number of nitrogens with zero attached hydrogens (tertiary/aromatic N) is 1. The van der Waals surface area contributed by atoms with Crippen LogP contribution in [-0.2, 0) is 0 Å². The number of nitrogens with one attached hydrogen (secondary N) is 2. The molecule has 6 heteroatoms. The third kappa shape index (κ3) is 3.04. The van der Waals surface area contributed by atoms with E-state index in [-0.39, 0.29) is 11.8 Å². The van der Waals surface area contributed by atoms with Gasteiger partial charge in [0.1, 0.15) is 17.3 Å². The van der Waals surface area contributed by atoms with Gasteiger partial charge in [0, 0.05) is 28.8 Å². The molecule has 0 saturated carbocycles. The normalized spacial score (nSPS) is 12.2. The first-order valence-electron chi connectivity index (χ1n) is 7.75. The molecule has 1 aromatic carbocycles. The van der Waals surface area contributed by atoms with Gasteiger partial charge in [0.2, 0.25) is 0 Å². The zero-order valence-electron chi connectivity index (χ0n) is 13.1. The van der Waals surface area contributed by atoms with Crippen molar-refractivity contribution in [1.82, 2.24) is 4.98 Å². The molecule has 0 fully saturated rings. The van der Waals surface area contributed by atoms with Crippen molar-refractivity contribution in [2.45, 2.75) is 6.04 Å². The van der Waals surface area contributed by atoms with Crippen molar-refractivity contribution >= 4 is 39.7 Å². The number of anilines is 1. The summed E-state index contributed by atoms with van der Waals surface area (Å²) in [5.41, 5.74) is 2.24. The summed E-state index contributed by atoms with van der Waals surface area (Å²) < 4.78 is 0. The minimum atomic E-state index is -0.256. The number of phenolic OH excluding ortho intramolecular Hbond substituents is 1. The molecule has 3 N–H and O–H groups in total. The van der Waals surface area contributed by atoms with Gasteiger partial charge in [-0.05, 0) is 41.1 Å². The molecule has 0 radical (unpaired) electrons. The van der Waals surface area contributed by atoms with Gasteiger partial charge in [-0.3, -0.25) is 10.3 Å². The second-order valence-electron chi connectivity index (χ2n) is 5.61. The quantitative estimate of drug-likeness (QED) is 0.550. The number of aromatic nitrogens is 2. The standard InChI is InChI=1S/C19H14ClN3OS/c20-15-10-14(19(24)18-13(15)4-3-8-22-18)17(12-6-9-25-11-12)23-16-5-1-2-7-21-16/h1-11,17,24H,(H,21,23)/p+1/t17-/m1/s1. The molecule has 0 unspecified atom stereocenters. The van der Waals surface area contributed by atoms with Gasteiger partial charge >= 0.3 is 0 Å². The molecule has 0 saturated heterocycles. The monoisotopic (exact) mass is 368 g/mol. The highest BCUT2D eigenvalue weighted by Gasteiger charge is 2.25. The molecular formula is C19H15ClN3OS+. The molecule has 0 aliphatic carbocycles. The van der Waals surface area contributed by atoms with Crippen molar-refractivity contribution in [3.8, 4) is 5.75 Å². The van der Waals surface area contributed by atoms with Gasteiger partial charge in [0.05, 0.1) is 11.2 Å². The Morgan fingerprint density at radius 1 is 1.20 bits per heavy atom. The molecule has 3 heterocycles. The Morgan fingerprint density at radius 2 is 2.12 bits per heavy atom. The molecule has 3 aromatic heterocycles. The van der Waals surface area contributed by atoms with Crippen molar-refractivity contribution < 1.29 is 10.1 Å². The largest absolute Gasteiger partial charge is 0.505 e. The third-order valence-corrected chi connectivity index (χ3v) is 5.06. The van der Waals surface area contributed by atoms with Gasteiger partial charge in [0.15, 0.2) is 0 Å². The molecule has 0 bridgehead atoms. The highest BCUT2D eigenvalue weighted by molar-refractivity contribution is 7.08. The van der Waals surface area contributed by atoms with Crippen LogP contribution >= 0.6 is 22.9 Å². The van der Waals surface area contributed by atoms with Gasteiger partial charge in [-0.1, -0.05) is 17.7 Å². The van der Waals surface area contributed by atoms with Crippen molar-refractivity contribution in [2.24, 2.45) is 0 Å².